The maximum Gasteiger partial charge on any atom is 0.262 e. The van der Waals surface area contributed by atoms with Gasteiger partial charge in [-0.1, -0.05) is 11.3 Å². The molecule has 0 spiro atoms. The van der Waals surface area contributed by atoms with Crippen molar-refractivity contribution in [2.45, 2.75) is 13.8 Å². The van der Waals surface area contributed by atoms with E-state index < -0.39 is 0 Å². The van der Waals surface area contributed by atoms with E-state index in [0.717, 1.165) is 10.7 Å². The Hall–Kier alpha value is -1.03. The first-order chi connectivity index (χ1) is 7.58. The number of anilines is 1. The zero-order valence-electron chi connectivity index (χ0n) is 8.54. The second-order valence-electron chi connectivity index (χ2n) is 3.09. The number of hydrogen-bond donors (Lipinski definition) is 2. The third-order valence-corrected chi connectivity index (χ3v) is 3.41. The van der Waals surface area contributed by atoms with Gasteiger partial charge in [-0.15, -0.1) is 10.2 Å². The van der Waals surface area contributed by atoms with Crippen molar-refractivity contribution in [2.75, 3.05) is 5.32 Å². The monoisotopic (exact) mass is 349 g/mol. The van der Waals surface area contributed by atoms with Crippen molar-refractivity contribution in [2.24, 2.45) is 0 Å². The lowest BCUT2D eigenvalue weighted by molar-refractivity contribution is 0.102. The van der Waals surface area contributed by atoms with Gasteiger partial charge in [0, 0.05) is 5.69 Å². The van der Waals surface area contributed by atoms with Gasteiger partial charge in [0.05, 0.1) is 5.56 Å². The van der Waals surface area contributed by atoms with Gasteiger partial charge in [-0.25, -0.2) is 0 Å². The molecule has 2 rings (SSSR count). The van der Waals surface area contributed by atoms with Crippen LogP contribution in [0.25, 0.3) is 0 Å². The Morgan fingerprint density at radius 2 is 2.19 bits per heavy atom. The Bertz CT molecular complexity index is 515. The highest BCUT2D eigenvalue weighted by Crippen LogP contribution is 2.18. The second kappa shape index (κ2) is 4.45. The lowest BCUT2D eigenvalue weighted by Gasteiger charge is -1.99. The molecular formula is C8H8IN5OS. The molecule has 6 nitrogen and oxygen atoms in total. The quantitative estimate of drug-likeness (QED) is 0.809. The van der Waals surface area contributed by atoms with Gasteiger partial charge in [0.15, 0.2) is 0 Å². The van der Waals surface area contributed by atoms with Crippen molar-refractivity contribution in [1.29, 1.82) is 0 Å². The summed E-state index contributed by atoms with van der Waals surface area (Å²) in [4.78, 5) is 11.9. The van der Waals surface area contributed by atoms with Crippen LogP contribution in [0, 0.1) is 17.5 Å². The summed E-state index contributed by atoms with van der Waals surface area (Å²) < 4.78 is 0.647. The third-order valence-electron chi connectivity index (χ3n) is 1.88. The molecule has 2 N–H and O–H groups in total. The van der Waals surface area contributed by atoms with Crippen LogP contribution in [0.5, 0.6) is 0 Å². The van der Waals surface area contributed by atoms with Gasteiger partial charge in [-0.3, -0.25) is 15.2 Å². The highest BCUT2D eigenvalue weighted by atomic mass is 127. The van der Waals surface area contributed by atoms with E-state index in [1.165, 1.54) is 11.3 Å². The molecule has 0 bridgehead atoms. The number of aromatic nitrogens is 4. The Morgan fingerprint density at radius 3 is 2.69 bits per heavy atom. The molecule has 0 aromatic carbocycles. The van der Waals surface area contributed by atoms with Crippen molar-refractivity contribution in [1.82, 2.24) is 20.4 Å². The molecule has 2 aromatic heterocycles. The molecule has 2 heterocycles. The van der Waals surface area contributed by atoms with Crippen LogP contribution in [0.15, 0.2) is 0 Å². The molecule has 8 heteroatoms. The van der Waals surface area contributed by atoms with E-state index in [0.29, 0.717) is 14.4 Å². The zero-order valence-corrected chi connectivity index (χ0v) is 11.5. The number of H-pyrrole nitrogens is 1. The van der Waals surface area contributed by atoms with Gasteiger partial charge in [-0.2, -0.15) is 5.10 Å². The predicted molar refractivity (Wildman–Crippen MR) is 68.6 cm³/mol. The van der Waals surface area contributed by atoms with Crippen LogP contribution in [0.1, 0.15) is 21.1 Å². The first-order valence-corrected chi connectivity index (χ1v) is 6.29. The summed E-state index contributed by atoms with van der Waals surface area (Å²) in [7, 11) is 0. The molecule has 0 saturated carbocycles. The molecule has 0 aliphatic heterocycles. The summed E-state index contributed by atoms with van der Waals surface area (Å²) in [5.74, 6) is -0.216. The minimum Gasteiger partial charge on any atom is -0.296 e. The number of nitrogens with zero attached hydrogens (tertiary/aromatic N) is 3. The van der Waals surface area contributed by atoms with Crippen LogP contribution in [-0.2, 0) is 0 Å². The molecule has 84 valence electrons. The van der Waals surface area contributed by atoms with E-state index in [9.17, 15) is 4.79 Å². The fourth-order valence-electron chi connectivity index (χ4n) is 1.17. The van der Waals surface area contributed by atoms with Crippen LogP contribution in [-0.4, -0.2) is 26.3 Å². The maximum atomic E-state index is 11.9. The standard InChI is InChI=1S/C8H8IN5OS/c1-3-5(6(9)13-11-3)7(15)10-8-14-12-4(2)16-8/h1-2H3,(H,11,13)(H,10,14,15). The fourth-order valence-corrected chi connectivity index (χ4v) is 2.53. The van der Waals surface area contributed by atoms with Crippen molar-refractivity contribution in [3.05, 3.63) is 20.0 Å². The van der Waals surface area contributed by atoms with Crippen molar-refractivity contribution >= 4 is 45.0 Å². The Labute approximate surface area is 109 Å². The maximum absolute atomic E-state index is 11.9. The van der Waals surface area contributed by atoms with Crippen molar-refractivity contribution in [3.8, 4) is 0 Å². The van der Waals surface area contributed by atoms with Crippen molar-refractivity contribution in [3.63, 3.8) is 0 Å². The smallest absolute Gasteiger partial charge is 0.262 e. The summed E-state index contributed by atoms with van der Waals surface area (Å²) >= 11 is 3.35. The highest BCUT2D eigenvalue weighted by molar-refractivity contribution is 14.1. The van der Waals surface area contributed by atoms with Crippen LogP contribution in [0.2, 0.25) is 0 Å². The Balaban J connectivity index is 2.21. The SMILES string of the molecule is Cc1nnc(NC(=O)c2c(I)n[nH]c2C)s1. The normalized spacial score (nSPS) is 10.4. The van der Waals surface area contributed by atoms with E-state index in [-0.39, 0.29) is 5.91 Å². The summed E-state index contributed by atoms with van der Waals surface area (Å²) in [6.07, 6.45) is 0. The number of aryl methyl sites for hydroxylation is 2. The van der Waals surface area contributed by atoms with E-state index in [1.54, 1.807) is 6.92 Å². The Morgan fingerprint density at radius 1 is 1.44 bits per heavy atom. The molecule has 0 unspecified atom stereocenters. The number of aromatic amines is 1. The Kier molecular flexibility index (Phi) is 3.19. The lowest BCUT2D eigenvalue weighted by atomic mass is 10.2. The molecular weight excluding hydrogens is 341 g/mol. The van der Waals surface area contributed by atoms with E-state index in [4.69, 9.17) is 0 Å². The lowest BCUT2D eigenvalue weighted by Crippen LogP contribution is -2.13. The summed E-state index contributed by atoms with van der Waals surface area (Å²) in [5.41, 5.74) is 1.29. The number of carbonyl (C=O) groups is 1. The van der Waals surface area contributed by atoms with Crippen LogP contribution in [0.3, 0.4) is 0 Å². The number of rotatable bonds is 2. The van der Waals surface area contributed by atoms with Gasteiger partial charge in [0.1, 0.15) is 8.71 Å². The molecule has 0 aliphatic rings. The van der Waals surface area contributed by atoms with Crippen LogP contribution >= 0.6 is 33.9 Å². The average Bonchev–Trinajstić information content (AvgIpc) is 2.74. The molecule has 0 radical (unpaired) electrons. The summed E-state index contributed by atoms with van der Waals surface area (Å²) in [5, 5.41) is 18.4. The van der Waals surface area contributed by atoms with Gasteiger partial charge in [0.2, 0.25) is 5.13 Å². The second-order valence-corrected chi connectivity index (χ2v) is 5.30. The van der Waals surface area contributed by atoms with Crippen molar-refractivity contribution < 1.29 is 4.79 Å². The molecule has 0 aliphatic carbocycles. The van der Waals surface area contributed by atoms with Crippen LogP contribution < -0.4 is 5.32 Å². The van der Waals surface area contributed by atoms with Crippen LogP contribution in [0.4, 0.5) is 5.13 Å². The molecule has 16 heavy (non-hydrogen) atoms. The zero-order chi connectivity index (χ0) is 11.7. The third kappa shape index (κ3) is 2.21. The summed E-state index contributed by atoms with van der Waals surface area (Å²) in [6, 6.07) is 0. The molecule has 1 amide bonds. The molecule has 0 fully saturated rings. The van der Waals surface area contributed by atoms with Gasteiger partial charge in [-0.05, 0) is 36.4 Å². The number of hydrogen-bond acceptors (Lipinski definition) is 5. The van der Waals surface area contributed by atoms with Gasteiger partial charge < -0.3 is 0 Å². The van der Waals surface area contributed by atoms with E-state index in [1.807, 2.05) is 29.5 Å². The fraction of sp³-hybridized carbons (Fsp3) is 0.250. The minimum absolute atomic E-state index is 0.216. The number of halogens is 1. The molecule has 0 saturated heterocycles. The largest absolute Gasteiger partial charge is 0.296 e. The highest BCUT2D eigenvalue weighted by Gasteiger charge is 2.17. The van der Waals surface area contributed by atoms with Gasteiger partial charge in [0.25, 0.3) is 5.91 Å². The number of carbonyl (C=O) groups excluding carboxylic acids is 1. The van der Waals surface area contributed by atoms with E-state index >= 15 is 0 Å². The minimum atomic E-state index is -0.216. The number of amides is 1. The predicted octanol–water partition coefficient (Wildman–Crippen LogP) is 1.73. The van der Waals surface area contributed by atoms with E-state index in [2.05, 4.69) is 25.7 Å². The summed E-state index contributed by atoms with van der Waals surface area (Å²) in [6.45, 7) is 3.63. The first-order valence-electron chi connectivity index (χ1n) is 4.40. The number of nitrogens with one attached hydrogen (secondary N) is 2. The average molecular weight is 349 g/mol. The van der Waals surface area contributed by atoms with Gasteiger partial charge >= 0.3 is 0 Å². The molecule has 2 aromatic rings. The topological polar surface area (TPSA) is 83.6 Å². The molecule has 0 atom stereocenters. The first kappa shape index (κ1) is 11.5.